The van der Waals surface area contributed by atoms with Gasteiger partial charge in [0.25, 0.3) is 5.76 Å². The molecule has 0 aliphatic rings. The number of thiocarbonyl (C=S) groups is 1. The molecule has 2 N–H and O–H groups in total. The van der Waals surface area contributed by atoms with E-state index in [0.717, 1.165) is 23.4 Å². The molecule has 0 aliphatic heterocycles. The minimum Gasteiger partial charge on any atom is -0.494 e. The Balaban J connectivity index is 1.87. The second-order valence-corrected chi connectivity index (χ2v) is 7.01. The van der Waals surface area contributed by atoms with Crippen LogP contribution in [0.5, 0.6) is 5.75 Å². The molecule has 0 saturated heterocycles. The number of nitrogens with zero attached hydrogens (tertiary/aromatic N) is 1. The lowest BCUT2D eigenvalue weighted by molar-refractivity contribution is 0.252. The van der Waals surface area contributed by atoms with Gasteiger partial charge in [0.2, 0.25) is 0 Å². The van der Waals surface area contributed by atoms with Crippen LogP contribution in [-0.4, -0.2) is 23.2 Å². The molecule has 0 aromatic heterocycles. The van der Waals surface area contributed by atoms with Gasteiger partial charge in [-0.05, 0) is 79.7 Å². The Morgan fingerprint density at radius 3 is 2.41 bits per heavy atom. The number of hydrogen-bond acceptors (Lipinski definition) is 4. The highest BCUT2D eigenvalue weighted by molar-refractivity contribution is 7.99. The van der Waals surface area contributed by atoms with Crippen LogP contribution in [0.25, 0.3) is 0 Å². The van der Waals surface area contributed by atoms with Gasteiger partial charge in [-0.3, -0.25) is 5.43 Å². The molecular formula is C19H21F2N3OS2. The maximum absolute atomic E-state index is 12.3. The summed E-state index contributed by atoms with van der Waals surface area (Å²) in [6.45, 7) is 4.62. The topological polar surface area (TPSA) is 45.6 Å². The zero-order valence-electron chi connectivity index (χ0n) is 15.0. The van der Waals surface area contributed by atoms with Crippen LogP contribution in [0.4, 0.5) is 14.5 Å². The first-order valence-corrected chi connectivity index (χ1v) is 9.66. The molecule has 0 bridgehead atoms. The Morgan fingerprint density at radius 2 is 1.81 bits per heavy atom. The van der Waals surface area contributed by atoms with E-state index in [0.29, 0.717) is 34.1 Å². The molecule has 0 unspecified atom stereocenters. The second-order valence-electron chi connectivity index (χ2n) is 5.54. The van der Waals surface area contributed by atoms with E-state index in [1.165, 1.54) is 0 Å². The predicted molar refractivity (Wildman–Crippen MR) is 112 cm³/mol. The molecule has 0 radical (unpaired) electrons. The van der Waals surface area contributed by atoms with Crippen LogP contribution in [0.2, 0.25) is 0 Å². The number of nitrogens with one attached hydrogen (secondary N) is 2. The summed E-state index contributed by atoms with van der Waals surface area (Å²) in [6.07, 6.45) is 0.963. The molecule has 144 valence electrons. The molecular weight excluding hydrogens is 388 g/mol. The van der Waals surface area contributed by atoms with Crippen LogP contribution in [0.3, 0.4) is 0 Å². The highest BCUT2D eigenvalue weighted by Crippen LogP contribution is 2.26. The Kier molecular flexibility index (Phi) is 8.47. The molecule has 0 atom stereocenters. The summed E-state index contributed by atoms with van der Waals surface area (Å²) >= 11 is 5.70. The molecule has 27 heavy (non-hydrogen) atoms. The molecule has 0 aliphatic carbocycles. The number of thioether (sulfide) groups is 1. The average molecular weight is 410 g/mol. The van der Waals surface area contributed by atoms with Gasteiger partial charge in [-0.25, -0.2) is 0 Å². The van der Waals surface area contributed by atoms with Gasteiger partial charge in [-0.15, -0.1) is 0 Å². The van der Waals surface area contributed by atoms with E-state index < -0.39 is 5.76 Å². The number of anilines is 1. The summed E-state index contributed by atoms with van der Waals surface area (Å²) in [6, 6.07) is 14.3. The Morgan fingerprint density at radius 1 is 1.15 bits per heavy atom. The van der Waals surface area contributed by atoms with E-state index in [2.05, 4.69) is 22.8 Å². The van der Waals surface area contributed by atoms with Gasteiger partial charge < -0.3 is 10.1 Å². The third kappa shape index (κ3) is 7.52. The Labute approximate surface area is 167 Å². The van der Waals surface area contributed by atoms with E-state index in [1.807, 2.05) is 31.2 Å². The fourth-order valence-corrected chi connectivity index (χ4v) is 2.75. The van der Waals surface area contributed by atoms with Crippen LogP contribution in [0.1, 0.15) is 25.8 Å². The zero-order valence-corrected chi connectivity index (χ0v) is 16.7. The van der Waals surface area contributed by atoms with Crippen LogP contribution in [0.15, 0.2) is 58.5 Å². The predicted octanol–water partition coefficient (Wildman–Crippen LogP) is 5.50. The normalized spacial score (nSPS) is 11.4. The minimum atomic E-state index is -2.43. The van der Waals surface area contributed by atoms with Crippen molar-refractivity contribution in [2.45, 2.75) is 30.9 Å². The number of halogens is 2. The standard InChI is InChI=1S/C19H21F2N3OS2/c1-3-12-25-16-8-4-14(5-9-16)13(2)23-24-19(26)22-15-6-10-17(11-7-15)27-18(20)21/h4-11,18H,3,12H2,1-2H3,(H2,22,24,26)/b23-13-. The monoisotopic (exact) mass is 409 g/mol. The van der Waals surface area contributed by atoms with Crippen molar-refractivity contribution in [3.8, 4) is 5.75 Å². The van der Waals surface area contributed by atoms with Crippen molar-refractivity contribution in [3.05, 3.63) is 54.1 Å². The lowest BCUT2D eigenvalue weighted by Crippen LogP contribution is -2.24. The van der Waals surface area contributed by atoms with Gasteiger partial charge in [0.15, 0.2) is 5.11 Å². The summed E-state index contributed by atoms with van der Waals surface area (Å²) in [7, 11) is 0. The SMILES string of the molecule is CCCOc1ccc(/C(C)=N\NC(=S)Nc2ccc(SC(F)F)cc2)cc1. The molecule has 2 aromatic carbocycles. The van der Waals surface area contributed by atoms with E-state index in [-0.39, 0.29) is 0 Å². The van der Waals surface area contributed by atoms with Crippen molar-refractivity contribution in [2.75, 3.05) is 11.9 Å². The number of rotatable bonds is 8. The Hall–Kier alpha value is -2.19. The summed E-state index contributed by atoms with van der Waals surface area (Å²) in [5.41, 5.74) is 5.18. The minimum absolute atomic E-state index is 0.312. The van der Waals surface area contributed by atoms with Crippen molar-refractivity contribution < 1.29 is 13.5 Å². The molecule has 0 amide bonds. The van der Waals surface area contributed by atoms with Crippen LogP contribution in [0, 0.1) is 0 Å². The van der Waals surface area contributed by atoms with Gasteiger partial charge in [-0.1, -0.05) is 18.7 Å². The lowest BCUT2D eigenvalue weighted by atomic mass is 10.1. The van der Waals surface area contributed by atoms with Crippen molar-refractivity contribution in [3.63, 3.8) is 0 Å². The summed E-state index contributed by atoms with van der Waals surface area (Å²) < 4.78 is 30.2. The maximum Gasteiger partial charge on any atom is 0.288 e. The lowest BCUT2D eigenvalue weighted by Gasteiger charge is -2.09. The number of hydrazone groups is 1. The van der Waals surface area contributed by atoms with Crippen LogP contribution >= 0.6 is 24.0 Å². The molecule has 0 saturated carbocycles. The zero-order chi connectivity index (χ0) is 19.6. The van der Waals surface area contributed by atoms with Crippen molar-refractivity contribution in [1.82, 2.24) is 5.43 Å². The highest BCUT2D eigenvalue weighted by Gasteiger charge is 2.05. The third-order valence-electron chi connectivity index (χ3n) is 3.41. The average Bonchev–Trinajstić information content (AvgIpc) is 2.66. The molecule has 8 heteroatoms. The maximum atomic E-state index is 12.3. The molecule has 0 heterocycles. The first kappa shape index (κ1) is 21.1. The van der Waals surface area contributed by atoms with Crippen molar-refractivity contribution in [1.29, 1.82) is 0 Å². The first-order valence-electron chi connectivity index (χ1n) is 8.37. The summed E-state index contributed by atoms with van der Waals surface area (Å²) in [5, 5.41) is 7.53. The van der Waals surface area contributed by atoms with Crippen LogP contribution in [-0.2, 0) is 0 Å². The Bertz CT molecular complexity index is 766. The molecule has 4 nitrogen and oxygen atoms in total. The smallest absolute Gasteiger partial charge is 0.288 e. The highest BCUT2D eigenvalue weighted by atomic mass is 32.2. The summed E-state index contributed by atoms with van der Waals surface area (Å²) in [5.74, 6) is -1.61. The van der Waals surface area contributed by atoms with Gasteiger partial charge >= 0.3 is 0 Å². The van der Waals surface area contributed by atoms with E-state index in [1.54, 1.807) is 24.3 Å². The van der Waals surface area contributed by atoms with Gasteiger partial charge in [-0.2, -0.15) is 13.9 Å². The van der Waals surface area contributed by atoms with E-state index >= 15 is 0 Å². The first-order chi connectivity index (χ1) is 13.0. The van der Waals surface area contributed by atoms with Gasteiger partial charge in [0, 0.05) is 10.6 Å². The molecule has 0 spiro atoms. The number of hydrogen-bond donors (Lipinski definition) is 2. The van der Waals surface area contributed by atoms with Gasteiger partial charge in [0.05, 0.1) is 12.3 Å². The van der Waals surface area contributed by atoms with Crippen LogP contribution < -0.4 is 15.5 Å². The molecule has 2 aromatic rings. The number of alkyl halides is 2. The van der Waals surface area contributed by atoms with Crippen molar-refractivity contribution >= 4 is 40.5 Å². The third-order valence-corrected chi connectivity index (χ3v) is 4.32. The second kappa shape index (κ2) is 10.8. The quantitative estimate of drug-likeness (QED) is 0.261. The molecule has 0 fully saturated rings. The van der Waals surface area contributed by atoms with E-state index in [9.17, 15) is 8.78 Å². The van der Waals surface area contributed by atoms with Crippen molar-refractivity contribution in [2.24, 2.45) is 5.10 Å². The van der Waals surface area contributed by atoms with E-state index in [4.69, 9.17) is 17.0 Å². The number of benzene rings is 2. The van der Waals surface area contributed by atoms with Gasteiger partial charge in [0.1, 0.15) is 5.75 Å². The fourth-order valence-electron chi connectivity index (χ4n) is 2.09. The number of ether oxygens (including phenoxy) is 1. The summed E-state index contributed by atoms with van der Waals surface area (Å²) in [4.78, 5) is 0.495. The fraction of sp³-hybridized carbons (Fsp3) is 0.263. The molecule has 2 rings (SSSR count). The largest absolute Gasteiger partial charge is 0.494 e.